The van der Waals surface area contributed by atoms with Crippen molar-refractivity contribution in [2.75, 3.05) is 31.1 Å². The summed E-state index contributed by atoms with van der Waals surface area (Å²) in [6.07, 6.45) is -4.44. The van der Waals surface area contributed by atoms with E-state index in [1.807, 2.05) is 11.8 Å². The fraction of sp³-hybridized carbons (Fsp3) is 0.389. The third-order valence-corrected chi connectivity index (χ3v) is 5.96. The Morgan fingerprint density at radius 2 is 1.83 bits per heavy atom. The Morgan fingerprint density at radius 1 is 1.10 bits per heavy atom. The Kier molecular flexibility index (Phi) is 4.93. The van der Waals surface area contributed by atoms with Crippen LogP contribution >= 0.6 is 11.3 Å². The number of carbonyl (C=O) groups is 1. The van der Waals surface area contributed by atoms with Crippen molar-refractivity contribution >= 4 is 32.7 Å². The van der Waals surface area contributed by atoms with E-state index < -0.39 is 12.1 Å². The third kappa shape index (κ3) is 3.78. The second-order valence-corrected chi connectivity index (χ2v) is 7.73. The van der Waals surface area contributed by atoms with Crippen molar-refractivity contribution in [3.8, 4) is 5.69 Å². The summed E-state index contributed by atoms with van der Waals surface area (Å²) in [5, 5.41) is 5.13. The Balaban J connectivity index is 1.59. The van der Waals surface area contributed by atoms with Crippen LogP contribution in [0, 0.1) is 12.7 Å². The van der Waals surface area contributed by atoms with Crippen LogP contribution in [0.4, 0.5) is 22.7 Å². The SMILES string of the molecule is Cc1nn(-c2ccc(F)cc2)c2nc(N3CCCN(C(=O)C(F)(F)F)CC3)sc12. The molecule has 0 N–H and O–H groups in total. The van der Waals surface area contributed by atoms with Crippen molar-refractivity contribution < 1.29 is 22.4 Å². The first-order valence-electron chi connectivity index (χ1n) is 8.97. The van der Waals surface area contributed by atoms with E-state index in [2.05, 4.69) is 10.1 Å². The van der Waals surface area contributed by atoms with Crippen LogP contribution in [0.3, 0.4) is 0 Å². The zero-order valence-corrected chi connectivity index (χ0v) is 16.2. The lowest BCUT2D eigenvalue weighted by Crippen LogP contribution is -2.43. The van der Waals surface area contributed by atoms with E-state index in [-0.39, 0.29) is 25.5 Å². The van der Waals surface area contributed by atoms with Crippen LogP contribution in [0.1, 0.15) is 12.1 Å². The summed E-state index contributed by atoms with van der Waals surface area (Å²) in [6, 6.07) is 5.89. The molecule has 0 bridgehead atoms. The monoisotopic (exact) mass is 427 g/mol. The van der Waals surface area contributed by atoms with Crippen LogP contribution in [-0.2, 0) is 4.79 Å². The summed E-state index contributed by atoms with van der Waals surface area (Å²) in [5.41, 5.74) is 2.04. The van der Waals surface area contributed by atoms with Crippen LogP contribution in [0.5, 0.6) is 0 Å². The number of rotatable bonds is 2. The minimum atomic E-state index is -4.86. The maximum atomic E-state index is 13.2. The summed E-state index contributed by atoms with van der Waals surface area (Å²) >= 11 is 1.41. The summed E-state index contributed by atoms with van der Waals surface area (Å²) in [5.74, 6) is -2.15. The molecule has 3 aromatic rings. The van der Waals surface area contributed by atoms with E-state index in [0.717, 1.165) is 15.3 Å². The minimum Gasteiger partial charge on any atom is -0.346 e. The van der Waals surface area contributed by atoms with Crippen LogP contribution in [0.2, 0.25) is 0 Å². The largest absolute Gasteiger partial charge is 0.471 e. The maximum Gasteiger partial charge on any atom is 0.471 e. The van der Waals surface area contributed by atoms with Gasteiger partial charge in [0.2, 0.25) is 0 Å². The number of thiazole rings is 1. The molecule has 1 saturated heterocycles. The van der Waals surface area contributed by atoms with E-state index >= 15 is 0 Å². The number of aryl methyl sites for hydroxylation is 1. The molecule has 154 valence electrons. The molecular formula is C18H17F4N5OS. The molecule has 0 unspecified atom stereocenters. The molecular weight excluding hydrogens is 410 g/mol. The number of anilines is 1. The van der Waals surface area contributed by atoms with Crippen molar-refractivity contribution in [1.29, 1.82) is 0 Å². The molecule has 0 atom stereocenters. The molecule has 11 heteroatoms. The highest BCUT2D eigenvalue weighted by molar-refractivity contribution is 7.22. The van der Waals surface area contributed by atoms with Crippen molar-refractivity contribution in [2.45, 2.75) is 19.5 Å². The molecule has 1 aliphatic rings. The standard InChI is InChI=1S/C18H17F4N5OS/c1-11-14-15(27(24-11)13-5-3-12(19)4-6-13)23-17(29-14)26-8-2-7-25(9-10-26)16(28)18(20,21)22/h3-6H,2,7-10H2,1H3. The first kappa shape index (κ1) is 19.6. The summed E-state index contributed by atoms with van der Waals surface area (Å²) in [4.78, 5) is 18.9. The van der Waals surface area contributed by atoms with Gasteiger partial charge in [0.05, 0.1) is 16.1 Å². The van der Waals surface area contributed by atoms with E-state index in [0.29, 0.717) is 29.4 Å². The molecule has 1 aromatic carbocycles. The van der Waals surface area contributed by atoms with Crippen molar-refractivity contribution in [3.05, 3.63) is 35.8 Å². The van der Waals surface area contributed by atoms with Gasteiger partial charge in [0, 0.05) is 26.2 Å². The van der Waals surface area contributed by atoms with Crippen molar-refractivity contribution in [1.82, 2.24) is 19.7 Å². The van der Waals surface area contributed by atoms with Crippen molar-refractivity contribution in [3.63, 3.8) is 0 Å². The lowest BCUT2D eigenvalue weighted by atomic mass is 10.3. The number of amides is 1. The lowest BCUT2D eigenvalue weighted by Gasteiger charge is -2.22. The molecule has 0 radical (unpaired) electrons. The number of aromatic nitrogens is 3. The number of carbonyl (C=O) groups excluding carboxylic acids is 1. The number of alkyl halides is 3. The van der Waals surface area contributed by atoms with Crippen LogP contribution in [0.25, 0.3) is 16.0 Å². The first-order chi connectivity index (χ1) is 13.7. The van der Waals surface area contributed by atoms with Gasteiger partial charge in [-0.15, -0.1) is 0 Å². The third-order valence-electron chi connectivity index (χ3n) is 4.74. The zero-order chi connectivity index (χ0) is 20.8. The molecule has 0 aliphatic carbocycles. The Labute approximate surface area is 167 Å². The molecule has 1 fully saturated rings. The molecule has 29 heavy (non-hydrogen) atoms. The minimum absolute atomic E-state index is 0.0165. The Morgan fingerprint density at radius 3 is 2.52 bits per heavy atom. The topological polar surface area (TPSA) is 54.3 Å². The lowest BCUT2D eigenvalue weighted by molar-refractivity contribution is -0.185. The molecule has 0 saturated carbocycles. The smallest absolute Gasteiger partial charge is 0.346 e. The fourth-order valence-electron chi connectivity index (χ4n) is 3.31. The van der Waals surface area contributed by atoms with Gasteiger partial charge >= 0.3 is 12.1 Å². The molecule has 1 amide bonds. The van der Waals surface area contributed by atoms with Gasteiger partial charge in [-0.05, 0) is 37.6 Å². The average Bonchev–Trinajstić information content (AvgIpc) is 3.13. The summed E-state index contributed by atoms with van der Waals surface area (Å²) < 4.78 is 53.8. The normalized spacial score (nSPS) is 15.8. The van der Waals surface area contributed by atoms with Crippen LogP contribution in [-0.4, -0.2) is 57.9 Å². The highest BCUT2D eigenvalue weighted by Gasteiger charge is 2.42. The van der Waals surface area contributed by atoms with Gasteiger partial charge in [-0.2, -0.15) is 23.3 Å². The number of nitrogens with zero attached hydrogens (tertiary/aromatic N) is 5. The van der Waals surface area contributed by atoms with Gasteiger partial charge in [0.25, 0.3) is 0 Å². The van der Waals surface area contributed by atoms with Gasteiger partial charge in [-0.1, -0.05) is 11.3 Å². The van der Waals surface area contributed by atoms with E-state index in [4.69, 9.17) is 0 Å². The fourth-order valence-corrected chi connectivity index (χ4v) is 4.35. The molecule has 4 rings (SSSR count). The van der Waals surface area contributed by atoms with Crippen LogP contribution in [0.15, 0.2) is 24.3 Å². The number of benzene rings is 1. The first-order valence-corrected chi connectivity index (χ1v) is 9.79. The number of hydrogen-bond donors (Lipinski definition) is 0. The second kappa shape index (κ2) is 7.29. The Hall–Kier alpha value is -2.69. The molecule has 3 heterocycles. The number of fused-ring (bicyclic) bond motifs is 1. The predicted octanol–water partition coefficient (Wildman–Crippen LogP) is 3.53. The van der Waals surface area contributed by atoms with Crippen molar-refractivity contribution in [2.24, 2.45) is 0 Å². The second-order valence-electron chi connectivity index (χ2n) is 6.75. The predicted molar refractivity (Wildman–Crippen MR) is 101 cm³/mol. The van der Waals surface area contributed by atoms with E-state index in [1.54, 1.807) is 16.8 Å². The van der Waals surface area contributed by atoms with Gasteiger partial charge in [0.1, 0.15) is 5.82 Å². The highest BCUT2D eigenvalue weighted by atomic mass is 32.1. The Bertz CT molecular complexity index is 1040. The molecule has 2 aromatic heterocycles. The van der Waals surface area contributed by atoms with Gasteiger partial charge < -0.3 is 9.80 Å². The van der Waals surface area contributed by atoms with Crippen LogP contribution < -0.4 is 4.90 Å². The van der Waals surface area contributed by atoms with Gasteiger partial charge in [0.15, 0.2) is 10.8 Å². The molecule has 6 nitrogen and oxygen atoms in total. The van der Waals surface area contributed by atoms with E-state index in [9.17, 15) is 22.4 Å². The van der Waals surface area contributed by atoms with Gasteiger partial charge in [-0.3, -0.25) is 4.79 Å². The molecule has 1 aliphatic heterocycles. The van der Waals surface area contributed by atoms with Gasteiger partial charge in [-0.25, -0.2) is 9.07 Å². The number of halogens is 4. The quantitative estimate of drug-likeness (QED) is 0.588. The summed E-state index contributed by atoms with van der Waals surface area (Å²) in [6.45, 7) is 2.65. The average molecular weight is 427 g/mol. The zero-order valence-electron chi connectivity index (χ0n) is 15.4. The van der Waals surface area contributed by atoms with E-state index in [1.165, 1.54) is 23.5 Å². The summed E-state index contributed by atoms with van der Waals surface area (Å²) in [7, 11) is 0. The molecule has 0 spiro atoms. The number of hydrogen-bond acceptors (Lipinski definition) is 5. The highest BCUT2D eigenvalue weighted by Crippen LogP contribution is 2.33. The maximum absolute atomic E-state index is 13.2.